The quantitative estimate of drug-likeness (QED) is 0.621. The van der Waals surface area contributed by atoms with E-state index in [9.17, 15) is 4.79 Å². The van der Waals surface area contributed by atoms with Crippen molar-refractivity contribution in [3.05, 3.63) is 22.2 Å². The first-order valence-corrected chi connectivity index (χ1v) is 4.91. The number of benzene rings is 1. The highest BCUT2D eigenvalue weighted by atomic mass is 79.9. The van der Waals surface area contributed by atoms with E-state index in [1.807, 2.05) is 0 Å². The Morgan fingerprint density at radius 3 is 2.87 bits per heavy atom. The lowest BCUT2D eigenvalue weighted by molar-refractivity contribution is 0.111. The van der Waals surface area contributed by atoms with Crippen LogP contribution in [0, 0.1) is 12.3 Å². The molecular formula is C11H9BrO3. The van der Waals surface area contributed by atoms with E-state index in [1.165, 1.54) is 7.11 Å². The van der Waals surface area contributed by atoms with E-state index in [0.717, 1.165) is 4.47 Å². The smallest absolute Gasteiger partial charge is 0.173 e. The Kier molecular flexibility index (Phi) is 4.19. The first-order chi connectivity index (χ1) is 7.22. The van der Waals surface area contributed by atoms with Crippen molar-refractivity contribution in [1.29, 1.82) is 0 Å². The average molecular weight is 269 g/mol. The summed E-state index contributed by atoms with van der Waals surface area (Å²) in [6, 6.07) is 3.35. The number of halogens is 1. The molecule has 0 atom stereocenters. The monoisotopic (exact) mass is 268 g/mol. The van der Waals surface area contributed by atoms with Crippen molar-refractivity contribution in [2.24, 2.45) is 0 Å². The summed E-state index contributed by atoms with van der Waals surface area (Å²) >= 11 is 3.26. The number of carbonyl (C=O) groups excluding carboxylic acids is 1. The minimum absolute atomic E-state index is 0.0961. The zero-order chi connectivity index (χ0) is 11.3. The lowest BCUT2D eigenvalue weighted by atomic mass is 10.2. The van der Waals surface area contributed by atoms with Gasteiger partial charge in [-0.15, -0.1) is 6.42 Å². The molecule has 0 aliphatic carbocycles. The SMILES string of the molecule is C#CCOc1c(C=O)cc(Br)cc1OC. The van der Waals surface area contributed by atoms with E-state index in [1.54, 1.807) is 12.1 Å². The Bertz CT molecular complexity index is 407. The fraction of sp³-hybridized carbons (Fsp3) is 0.182. The zero-order valence-corrected chi connectivity index (χ0v) is 9.71. The van der Waals surface area contributed by atoms with Gasteiger partial charge in [-0.05, 0) is 12.1 Å². The van der Waals surface area contributed by atoms with Gasteiger partial charge in [0.05, 0.1) is 12.7 Å². The Balaban J connectivity index is 3.19. The lowest BCUT2D eigenvalue weighted by Gasteiger charge is -2.11. The molecule has 0 saturated carbocycles. The molecule has 0 aromatic heterocycles. The summed E-state index contributed by atoms with van der Waals surface area (Å²) in [5.41, 5.74) is 0.400. The van der Waals surface area contributed by atoms with Crippen LogP contribution in [0.1, 0.15) is 10.4 Å². The number of aldehydes is 1. The van der Waals surface area contributed by atoms with Gasteiger partial charge < -0.3 is 9.47 Å². The van der Waals surface area contributed by atoms with Crippen LogP contribution in [-0.2, 0) is 0 Å². The largest absolute Gasteiger partial charge is 0.493 e. The topological polar surface area (TPSA) is 35.5 Å². The Morgan fingerprint density at radius 2 is 2.33 bits per heavy atom. The van der Waals surface area contributed by atoms with Crippen LogP contribution in [0.25, 0.3) is 0 Å². The van der Waals surface area contributed by atoms with Crippen molar-refractivity contribution in [2.45, 2.75) is 0 Å². The molecule has 15 heavy (non-hydrogen) atoms. The second kappa shape index (κ2) is 5.42. The summed E-state index contributed by atoms with van der Waals surface area (Å²) in [5.74, 6) is 3.17. The molecule has 0 saturated heterocycles. The number of rotatable bonds is 4. The Morgan fingerprint density at radius 1 is 1.60 bits per heavy atom. The number of ether oxygens (including phenoxy) is 2. The molecule has 0 amide bonds. The molecular weight excluding hydrogens is 260 g/mol. The van der Waals surface area contributed by atoms with Crippen molar-refractivity contribution < 1.29 is 14.3 Å². The Hall–Kier alpha value is -1.47. The maximum atomic E-state index is 10.8. The van der Waals surface area contributed by atoms with Crippen LogP contribution in [0.5, 0.6) is 11.5 Å². The summed E-state index contributed by atoms with van der Waals surface area (Å²) in [6.45, 7) is 0.0961. The fourth-order valence-electron chi connectivity index (χ4n) is 1.10. The van der Waals surface area contributed by atoms with Gasteiger partial charge in [-0.1, -0.05) is 21.9 Å². The van der Waals surface area contributed by atoms with Crippen LogP contribution in [0.2, 0.25) is 0 Å². The van der Waals surface area contributed by atoms with Gasteiger partial charge in [0, 0.05) is 4.47 Å². The number of methoxy groups -OCH3 is 1. The predicted octanol–water partition coefficient (Wildman–Crippen LogP) is 2.28. The second-order valence-corrected chi connectivity index (χ2v) is 3.55. The molecule has 78 valence electrons. The molecule has 0 aliphatic rings. The highest BCUT2D eigenvalue weighted by Gasteiger charge is 2.11. The predicted molar refractivity (Wildman–Crippen MR) is 60.4 cm³/mol. The molecule has 0 unspecified atom stereocenters. The number of carbonyl (C=O) groups is 1. The van der Waals surface area contributed by atoms with Crippen LogP contribution in [0.3, 0.4) is 0 Å². The molecule has 4 heteroatoms. The van der Waals surface area contributed by atoms with Gasteiger partial charge >= 0.3 is 0 Å². The van der Waals surface area contributed by atoms with Crippen molar-refractivity contribution in [2.75, 3.05) is 13.7 Å². The second-order valence-electron chi connectivity index (χ2n) is 2.64. The molecule has 0 radical (unpaired) electrons. The maximum Gasteiger partial charge on any atom is 0.173 e. The van der Waals surface area contributed by atoms with Gasteiger partial charge in [0.15, 0.2) is 17.8 Å². The summed E-state index contributed by atoms with van der Waals surface area (Å²) in [4.78, 5) is 10.8. The van der Waals surface area contributed by atoms with E-state index in [2.05, 4.69) is 21.9 Å². The van der Waals surface area contributed by atoms with Crippen LogP contribution >= 0.6 is 15.9 Å². The molecule has 0 fully saturated rings. The van der Waals surface area contributed by atoms with Crippen molar-refractivity contribution in [3.63, 3.8) is 0 Å². The lowest BCUT2D eigenvalue weighted by Crippen LogP contribution is -2.00. The van der Waals surface area contributed by atoms with Gasteiger partial charge in [0.1, 0.15) is 6.61 Å². The average Bonchev–Trinajstić information content (AvgIpc) is 2.26. The number of hydrogen-bond acceptors (Lipinski definition) is 3. The molecule has 0 N–H and O–H groups in total. The highest BCUT2D eigenvalue weighted by Crippen LogP contribution is 2.33. The summed E-state index contributed by atoms with van der Waals surface area (Å²) in [7, 11) is 1.50. The van der Waals surface area contributed by atoms with Gasteiger partial charge in [-0.2, -0.15) is 0 Å². The van der Waals surface area contributed by atoms with Gasteiger partial charge in [0.25, 0.3) is 0 Å². The fourth-order valence-corrected chi connectivity index (χ4v) is 1.55. The third-order valence-electron chi connectivity index (χ3n) is 1.70. The van der Waals surface area contributed by atoms with Gasteiger partial charge in [-0.3, -0.25) is 4.79 Å². The van der Waals surface area contributed by atoms with Crippen LogP contribution in [0.4, 0.5) is 0 Å². The van der Waals surface area contributed by atoms with E-state index in [4.69, 9.17) is 15.9 Å². The summed E-state index contributed by atoms with van der Waals surface area (Å²) in [6.07, 6.45) is 5.77. The molecule has 3 nitrogen and oxygen atoms in total. The maximum absolute atomic E-state index is 10.8. The first kappa shape index (κ1) is 11.6. The molecule has 1 aromatic carbocycles. The van der Waals surface area contributed by atoms with Gasteiger partial charge in [-0.25, -0.2) is 0 Å². The van der Waals surface area contributed by atoms with Crippen molar-refractivity contribution in [3.8, 4) is 23.8 Å². The van der Waals surface area contributed by atoms with E-state index in [-0.39, 0.29) is 6.61 Å². The summed E-state index contributed by atoms with van der Waals surface area (Å²) < 4.78 is 11.1. The van der Waals surface area contributed by atoms with Crippen LogP contribution < -0.4 is 9.47 Å². The third kappa shape index (κ3) is 2.74. The summed E-state index contributed by atoms with van der Waals surface area (Å²) in [5, 5.41) is 0. The normalized spacial score (nSPS) is 9.13. The standard InChI is InChI=1S/C11H9BrO3/c1-3-4-15-11-8(7-13)5-9(12)6-10(11)14-2/h1,5-7H,4H2,2H3. The van der Waals surface area contributed by atoms with E-state index >= 15 is 0 Å². The molecule has 1 aromatic rings. The Labute approximate surface area is 96.5 Å². The molecule has 0 bridgehead atoms. The zero-order valence-electron chi connectivity index (χ0n) is 8.12. The molecule has 1 rings (SSSR count). The van der Waals surface area contributed by atoms with E-state index in [0.29, 0.717) is 23.3 Å². The molecule has 0 heterocycles. The first-order valence-electron chi connectivity index (χ1n) is 4.12. The van der Waals surface area contributed by atoms with Crippen LogP contribution in [-0.4, -0.2) is 20.0 Å². The minimum Gasteiger partial charge on any atom is -0.493 e. The molecule has 0 spiro atoms. The van der Waals surface area contributed by atoms with Gasteiger partial charge in [0.2, 0.25) is 0 Å². The van der Waals surface area contributed by atoms with Crippen LogP contribution in [0.15, 0.2) is 16.6 Å². The number of terminal acetylenes is 1. The minimum atomic E-state index is 0.0961. The van der Waals surface area contributed by atoms with E-state index < -0.39 is 0 Å². The third-order valence-corrected chi connectivity index (χ3v) is 2.15. The van der Waals surface area contributed by atoms with Crippen molar-refractivity contribution >= 4 is 22.2 Å². The number of hydrogen-bond donors (Lipinski definition) is 0. The highest BCUT2D eigenvalue weighted by molar-refractivity contribution is 9.10. The van der Waals surface area contributed by atoms with Crippen molar-refractivity contribution in [1.82, 2.24) is 0 Å². The molecule has 0 aliphatic heterocycles.